The molecule has 0 aliphatic carbocycles. The van der Waals surface area contributed by atoms with Crippen LogP contribution in [0, 0.1) is 6.07 Å². The number of unbranched alkanes of at least 4 members (excludes halogenated alkanes) is 1. The van der Waals surface area contributed by atoms with Crippen LogP contribution < -0.4 is 0 Å². The molecule has 0 N–H and O–H groups in total. The van der Waals surface area contributed by atoms with Crippen LogP contribution in [0.25, 0.3) is 0 Å². The number of hydrogen-bond acceptors (Lipinski definition) is 0. The Hall–Kier alpha value is -0.850. The maximum absolute atomic E-state index is 13.3. The summed E-state index contributed by atoms with van der Waals surface area (Å²) in [6.45, 7) is 2.07. The summed E-state index contributed by atoms with van der Waals surface area (Å²) in [7, 11) is 0. The molecule has 0 spiro atoms. The van der Waals surface area contributed by atoms with Crippen molar-refractivity contribution in [2.24, 2.45) is 0 Å². The van der Waals surface area contributed by atoms with Crippen LogP contribution in [0.3, 0.4) is 0 Å². The molecule has 0 aliphatic rings. The lowest BCUT2D eigenvalue weighted by atomic mass is 10.1. The summed E-state index contributed by atoms with van der Waals surface area (Å²) < 4.78 is 13.3. The first-order valence-electron chi connectivity index (χ1n) is 4.45. The highest BCUT2D eigenvalue weighted by atomic mass is 19.1. The minimum atomic E-state index is -0.828. The molecule has 1 heteroatoms. The average Bonchev–Trinajstić information content (AvgIpc) is 2.15. The van der Waals surface area contributed by atoms with Gasteiger partial charge in [0.05, 0.1) is 0 Å². The van der Waals surface area contributed by atoms with E-state index in [1.807, 2.05) is 12.1 Å². The monoisotopic (exact) mass is 165 g/mol. The minimum Gasteiger partial charge on any atom is -0.242 e. The summed E-state index contributed by atoms with van der Waals surface area (Å²) in [5.74, 6) is 0. The van der Waals surface area contributed by atoms with Crippen LogP contribution in [0.1, 0.15) is 37.9 Å². The maximum atomic E-state index is 13.3. The number of alkyl halides is 1. The van der Waals surface area contributed by atoms with Gasteiger partial charge in [-0.25, -0.2) is 4.39 Å². The van der Waals surface area contributed by atoms with Crippen molar-refractivity contribution < 1.29 is 4.39 Å². The Balaban J connectivity index is 2.48. The highest BCUT2D eigenvalue weighted by Crippen LogP contribution is 2.22. The smallest absolute Gasteiger partial charge is 0.126 e. The summed E-state index contributed by atoms with van der Waals surface area (Å²) in [5, 5.41) is 0. The molecule has 0 amide bonds. The maximum Gasteiger partial charge on any atom is 0.126 e. The lowest BCUT2D eigenvalue weighted by molar-refractivity contribution is 0.315. The third-order valence-electron chi connectivity index (χ3n) is 1.88. The fourth-order valence-corrected chi connectivity index (χ4v) is 1.14. The molecule has 1 radical (unpaired) electrons. The number of hydrogen-bond donors (Lipinski definition) is 0. The topological polar surface area (TPSA) is 0 Å². The van der Waals surface area contributed by atoms with Crippen LogP contribution in [0.4, 0.5) is 4.39 Å². The summed E-state index contributed by atoms with van der Waals surface area (Å²) in [6.07, 6.45) is 1.79. The molecular weight excluding hydrogens is 151 g/mol. The van der Waals surface area contributed by atoms with Gasteiger partial charge in [-0.3, -0.25) is 0 Å². The lowest BCUT2D eigenvalue weighted by Gasteiger charge is -2.05. The molecule has 0 bridgehead atoms. The van der Waals surface area contributed by atoms with Crippen LogP contribution in [-0.2, 0) is 0 Å². The second-order valence-electron chi connectivity index (χ2n) is 2.93. The van der Waals surface area contributed by atoms with E-state index in [2.05, 4.69) is 13.0 Å². The first-order valence-corrected chi connectivity index (χ1v) is 4.45. The molecular formula is C11H14F. The van der Waals surface area contributed by atoms with Gasteiger partial charge >= 0.3 is 0 Å². The molecule has 1 aromatic rings. The van der Waals surface area contributed by atoms with Crippen molar-refractivity contribution in [3.8, 4) is 0 Å². The van der Waals surface area contributed by atoms with Crippen molar-refractivity contribution in [3.63, 3.8) is 0 Å². The van der Waals surface area contributed by atoms with Crippen LogP contribution in [0.2, 0.25) is 0 Å². The lowest BCUT2D eigenvalue weighted by Crippen LogP contribution is -1.90. The number of rotatable bonds is 4. The van der Waals surface area contributed by atoms with Gasteiger partial charge in [0.15, 0.2) is 0 Å². The Morgan fingerprint density at radius 3 is 2.92 bits per heavy atom. The molecule has 0 heterocycles. The third-order valence-corrected chi connectivity index (χ3v) is 1.88. The van der Waals surface area contributed by atoms with Gasteiger partial charge in [0.2, 0.25) is 0 Å². The largest absolute Gasteiger partial charge is 0.242 e. The Bertz CT molecular complexity index is 206. The highest BCUT2D eigenvalue weighted by molar-refractivity contribution is 5.15. The SMILES string of the molecule is CCCCC(F)c1[c]cccc1. The van der Waals surface area contributed by atoms with Gasteiger partial charge in [0, 0.05) is 0 Å². The van der Waals surface area contributed by atoms with E-state index in [1.165, 1.54) is 0 Å². The van der Waals surface area contributed by atoms with E-state index in [0.717, 1.165) is 12.8 Å². The van der Waals surface area contributed by atoms with Crippen molar-refractivity contribution in [1.29, 1.82) is 0 Å². The zero-order valence-electron chi connectivity index (χ0n) is 7.39. The van der Waals surface area contributed by atoms with Gasteiger partial charge in [0.25, 0.3) is 0 Å². The average molecular weight is 165 g/mol. The molecule has 0 aromatic heterocycles. The first kappa shape index (κ1) is 9.24. The van der Waals surface area contributed by atoms with E-state index < -0.39 is 6.17 Å². The second-order valence-corrected chi connectivity index (χ2v) is 2.93. The van der Waals surface area contributed by atoms with E-state index in [4.69, 9.17) is 0 Å². The van der Waals surface area contributed by atoms with Crippen molar-refractivity contribution in [2.75, 3.05) is 0 Å². The van der Waals surface area contributed by atoms with Crippen LogP contribution >= 0.6 is 0 Å². The van der Waals surface area contributed by atoms with Gasteiger partial charge in [-0.1, -0.05) is 44.0 Å². The molecule has 0 fully saturated rings. The molecule has 65 valence electrons. The molecule has 0 saturated carbocycles. The van der Waals surface area contributed by atoms with Gasteiger partial charge < -0.3 is 0 Å². The third kappa shape index (κ3) is 2.65. The predicted octanol–water partition coefficient (Wildman–Crippen LogP) is 3.69. The first-order chi connectivity index (χ1) is 5.84. The van der Waals surface area contributed by atoms with Gasteiger partial charge in [-0.15, -0.1) is 0 Å². The van der Waals surface area contributed by atoms with E-state index in [9.17, 15) is 4.39 Å². The van der Waals surface area contributed by atoms with Crippen molar-refractivity contribution in [2.45, 2.75) is 32.4 Å². The van der Waals surface area contributed by atoms with Gasteiger partial charge in [-0.05, 0) is 18.1 Å². The highest BCUT2D eigenvalue weighted by Gasteiger charge is 2.07. The van der Waals surface area contributed by atoms with Gasteiger partial charge in [-0.2, -0.15) is 0 Å². The quantitative estimate of drug-likeness (QED) is 0.638. The summed E-state index contributed by atoms with van der Waals surface area (Å²) in [4.78, 5) is 0. The molecule has 0 aliphatic heterocycles. The molecule has 1 rings (SSSR count). The van der Waals surface area contributed by atoms with E-state index >= 15 is 0 Å². The molecule has 1 atom stereocenters. The van der Waals surface area contributed by atoms with E-state index in [-0.39, 0.29) is 0 Å². The van der Waals surface area contributed by atoms with Crippen molar-refractivity contribution in [3.05, 3.63) is 35.9 Å². The normalized spacial score (nSPS) is 12.8. The molecule has 1 unspecified atom stereocenters. The van der Waals surface area contributed by atoms with E-state index in [0.29, 0.717) is 12.0 Å². The molecule has 1 aromatic carbocycles. The van der Waals surface area contributed by atoms with Gasteiger partial charge in [0.1, 0.15) is 6.17 Å². The Morgan fingerprint density at radius 1 is 1.50 bits per heavy atom. The predicted molar refractivity (Wildman–Crippen MR) is 48.7 cm³/mol. The van der Waals surface area contributed by atoms with Crippen molar-refractivity contribution >= 4 is 0 Å². The standard InChI is InChI=1S/C11H14F/c1-2-3-9-11(12)10-7-5-4-6-8-10/h4-7,11H,2-3,9H2,1H3. The van der Waals surface area contributed by atoms with Crippen LogP contribution in [0.5, 0.6) is 0 Å². The molecule has 12 heavy (non-hydrogen) atoms. The van der Waals surface area contributed by atoms with Crippen LogP contribution in [-0.4, -0.2) is 0 Å². The summed E-state index contributed by atoms with van der Waals surface area (Å²) in [5.41, 5.74) is 0.686. The molecule has 0 saturated heterocycles. The zero-order valence-corrected chi connectivity index (χ0v) is 7.39. The molecule has 0 nitrogen and oxygen atoms in total. The number of benzene rings is 1. The Kier molecular flexibility index (Phi) is 3.78. The van der Waals surface area contributed by atoms with E-state index in [1.54, 1.807) is 12.1 Å². The Labute approximate surface area is 73.4 Å². The van der Waals surface area contributed by atoms with Crippen LogP contribution in [0.15, 0.2) is 24.3 Å². The fourth-order valence-electron chi connectivity index (χ4n) is 1.14. The fraction of sp³-hybridized carbons (Fsp3) is 0.455. The van der Waals surface area contributed by atoms with Crippen molar-refractivity contribution in [1.82, 2.24) is 0 Å². The minimum absolute atomic E-state index is 0.622. The summed E-state index contributed by atoms with van der Waals surface area (Å²) in [6, 6.07) is 10.2. The second kappa shape index (κ2) is 4.91. The summed E-state index contributed by atoms with van der Waals surface area (Å²) >= 11 is 0. The zero-order chi connectivity index (χ0) is 8.81. The Morgan fingerprint density at radius 2 is 2.33 bits per heavy atom. The number of halogens is 1.